The Balaban J connectivity index is 0.00000324. The van der Waals surface area contributed by atoms with Gasteiger partial charge in [-0.3, -0.25) is 0 Å². The molecule has 4 nitrogen and oxygen atoms in total. The summed E-state index contributed by atoms with van der Waals surface area (Å²) in [6.07, 6.45) is 8.81. The van der Waals surface area contributed by atoms with Gasteiger partial charge in [0.2, 0.25) is 5.69 Å². The summed E-state index contributed by atoms with van der Waals surface area (Å²) in [6.45, 7) is 12.6. The number of benzene rings is 2. The third kappa shape index (κ3) is 4.37. The van der Waals surface area contributed by atoms with Crippen LogP contribution >= 0.6 is 0 Å². The summed E-state index contributed by atoms with van der Waals surface area (Å²) in [4.78, 5) is 2.46. The van der Waals surface area contributed by atoms with E-state index in [9.17, 15) is 0 Å². The van der Waals surface area contributed by atoms with Gasteiger partial charge < -0.3 is 23.8 Å². The van der Waals surface area contributed by atoms with E-state index in [0.29, 0.717) is 13.1 Å². The zero-order chi connectivity index (χ0) is 23.6. The molecule has 4 rings (SSSR count). The molecule has 0 saturated carbocycles. The number of nitrogens with zero attached hydrogens (tertiary/aromatic N) is 2. The highest BCUT2D eigenvalue weighted by Crippen LogP contribution is 2.47. The molecule has 0 amide bonds. The third-order valence-electron chi connectivity index (χ3n) is 7.28. The second-order valence-corrected chi connectivity index (χ2v) is 10.2. The molecule has 0 spiro atoms. The molecule has 0 radical (unpaired) electrons. The minimum Gasteiger partial charge on any atom is -0.358 e. The SMILES string of the molecule is CC1(C)C(/C=C/C=C2\N(CCCN)c3ccccc3C2(C)C)=[N+](CCCN)c2ccccc21.[CH3-]. The monoisotopic (exact) mass is 458 g/mol. The molecule has 0 atom stereocenters. The van der Waals surface area contributed by atoms with E-state index in [1.54, 1.807) is 0 Å². The van der Waals surface area contributed by atoms with E-state index < -0.39 is 0 Å². The first-order valence-electron chi connectivity index (χ1n) is 12.2. The van der Waals surface area contributed by atoms with Gasteiger partial charge in [-0.2, -0.15) is 4.58 Å². The summed E-state index contributed by atoms with van der Waals surface area (Å²) in [5.41, 5.74) is 19.7. The molecule has 2 aromatic rings. The van der Waals surface area contributed by atoms with E-state index in [0.717, 1.165) is 25.9 Å². The lowest BCUT2D eigenvalue weighted by atomic mass is 9.81. The topological polar surface area (TPSA) is 58.3 Å². The van der Waals surface area contributed by atoms with Crippen molar-refractivity contribution >= 4 is 17.1 Å². The van der Waals surface area contributed by atoms with Crippen molar-refractivity contribution in [2.75, 3.05) is 31.1 Å². The second-order valence-electron chi connectivity index (χ2n) is 10.2. The number of fused-ring (bicyclic) bond motifs is 2. The van der Waals surface area contributed by atoms with Crippen molar-refractivity contribution in [3.05, 3.63) is 91.0 Å². The maximum Gasteiger partial charge on any atom is 0.209 e. The van der Waals surface area contributed by atoms with Gasteiger partial charge in [0.15, 0.2) is 12.3 Å². The van der Waals surface area contributed by atoms with Crippen LogP contribution in [0.1, 0.15) is 51.7 Å². The van der Waals surface area contributed by atoms with Crippen molar-refractivity contribution < 1.29 is 4.58 Å². The molecule has 2 aliphatic rings. The van der Waals surface area contributed by atoms with E-state index >= 15 is 0 Å². The van der Waals surface area contributed by atoms with Crippen LogP contribution in [0.3, 0.4) is 0 Å². The lowest BCUT2D eigenvalue weighted by Gasteiger charge is -2.27. The molecule has 2 aliphatic heterocycles. The number of allylic oxidation sites excluding steroid dienone is 4. The normalized spacial score (nSPS) is 19.0. The summed E-state index contributed by atoms with van der Waals surface area (Å²) in [5, 5.41) is 0. The van der Waals surface area contributed by atoms with Crippen molar-refractivity contribution in [1.82, 2.24) is 0 Å². The van der Waals surface area contributed by atoms with Gasteiger partial charge in [-0.15, -0.1) is 0 Å². The first-order valence-corrected chi connectivity index (χ1v) is 12.2. The summed E-state index contributed by atoms with van der Waals surface area (Å²) in [6, 6.07) is 17.5. The minimum absolute atomic E-state index is 0. The van der Waals surface area contributed by atoms with E-state index in [1.807, 2.05) is 0 Å². The summed E-state index contributed by atoms with van der Waals surface area (Å²) in [7, 11) is 0. The molecule has 4 N–H and O–H groups in total. The van der Waals surface area contributed by atoms with Gasteiger partial charge in [0.05, 0.1) is 5.41 Å². The predicted octanol–water partition coefficient (Wildman–Crippen LogP) is 5.45. The van der Waals surface area contributed by atoms with Gasteiger partial charge in [-0.05, 0) is 51.1 Å². The largest absolute Gasteiger partial charge is 0.358 e. The number of nitrogens with two attached hydrogens (primary N) is 2. The Hall–Kier alpha value is -2.69. The number of anilines is 1. The standard InChI is InChI=1S/C29H39N4.CH3/c1-28(2)22-12-5-7-14-24(22)32(20-10-18-30)26(28)16-9-17-27-29(3,4)23-13-6-8-15-25(23)33(27)21-11-19-31;/h5-9,12-17H,10-11,18-21,30-31H2,1-4H3;1H3/q+1;-1. The Kier molecular flexibility index (Phi) is 7.84. The number of hydrogen-bond acceptors (Lipinski definition) is 3. The lowest BCUT2D eigenvalue weighted by Crippen LogP contribution is -2.29. The molecule has 34 heavy (non-hydrogen) atoms. The van der Waals surface area contributed by atoms with Gasteiger partial charge in [-0.25, -0.2) is 0 Å². The van der Waals surface area contributed by atoms with Gasteiger partial charge in [0, 0.05) is 47.5 Å². The zero-order valence-electron chi connectivity index (χ0n) is 21.6. The Morgan fingerprint density at radius 2 is 1.50 bits per heavy atom. The number of rotatable bonds is 8. The van der Waals surface area contributed by atoms with Crippen molar-refractivity contribution in [2.24, 2.45) is 11.5 Å². The molecule has 0 aromatic heterocycles. The van der Waals surface area contributed by atoms with Gasteiger partial charge in [0.25, 0.3) is 0 Å². The quantitative estimate of drug-likeness (QED) is 0.409. The zero-order valence-corrected chi connectivity index (χ0v) is 21.6. The molecular formula is C30H42N4. The maximum atomic E-state index is 5.87. The van der Waals surface area contributed by atoms with E-state index in [-0.39, 0.29) is 18.3 Å². The van der Waals surface area contributed by atoms with Crippen LogP contribution in [0.4, 0.5) is 11.4 Å². The fourth-order valence-electron chi connectivity index (χ4n) is 5.49. The molecule has 0 bridgehead atoms. The molecular weight excluding hydrogens is 416 g/mol. The molecule has 2 aromatic carbocycles. The summed E-state index contributed by atoms with van der Waals surface area (Å²) >= 11 is 0. The van der Waals surface area contributed by atoms with Crippen LogP contribution in [0.5, 0.6) is 0 Å². The average molecular weight is 459 g/mol. The average Bonchev–Trinajstić information content (AvgIpc) is 3.16. The van der Waals surface area contributed by atoms with Gasteiger partial charge in [0.1, 0.15) is 0 Å². The van der Waals surface area contributed by atoms with Crippen LogP contribution in [0.25, 0.3) is 0 Å². The van der Waals surface area contributed by atoms with Crippen molar-refractivity contribution in [3.63, 3.8) is 0 Å². The molecule has 2 heterocycles. The van der Waals surface area contributed by atoms with Crippen molar-refractivity contribution in [1.29, 1.82) is 0 Å². The van der Waals surface area contributed by atoms with E-state index in [2.05, 4.69) is 104 Å². The summed E-state index contributed by atoms with van der Waals surface area (Å²) < 4.78 is 2.46. The summed E-state index contributed by atoms with van der Waals surface area (Å²) in [5.74, 6) is 0. The van der Waals surface area contributed by atoms with Crippen molar-refractivity contribution in [2.45, 2.75) is 51.4 Å². The Bertz CT molecular complexity index is 1100. The van der Waals surface area contributed by atoms with Crippen LogP contribution in [0.2, 0.25) is 0 Å². The third-order valence-corrected chi connectivity index (χ3v) is 7.28. The molecule has 0 aliphatic carbocycles. The Labute approximate surface area is 206 Å². The molecule has 4 heteroatoms. The maximum absolute atomic E-state index is 5.87. The highest BCUT2D eigenvalue weighted by atomic mass is 15.2. The van der Waals surface area contributed by atoms with Crippen molar-refractivity contribution in [3.8, 4) is 0 Å². The second kappa shape index (κ2) is 10.3. The first-order chi connectivity index (χ1) is 15.8. The molecule has 0 unspecified atom stereocenters. The minimum atomic E-state index is -0.0480. The van der Waals surface area contributed by atoms with Gasteiger partial charge >= 0.3 is 0 Å². The van der Waals surface area contributed by atoms with Gasteiger partial charge in [-0.1, -0.05) is 56.3 Å². The van der Waals surface area contributed by atoms with Crippen LogP contribution in [-0.4, -0.2) is 36.5 Å². The Morgan fingerprint density at radius 3 is 2.21 bits per heavy atom. The van der Waals surface area contributed by atoms with Crippen LogP contribution in [0, 0.1) is 7.43 Å². The van der Waals surface area contributed by atoms with Crippen LogP contribution < -0.4 is 16.4 Å². The van der Waals surface area contributed by atoms with E-state index in [1.165, 1.54) is 33.9 Å². The number of hydrogen-bond donors (Lipinski definition) is 2. The predicted molar refractivity (Wildman–Crippen MR) is 147 cm³/mol. The highest BCUT2D eigenvalue weighted by Gasteiger charge is 2.44. The number of para-hydroxylation sites is 2. The van der Waals surface area contributed by atoms with Crippen LogP contribution in [-0.2, 0) is 10.8 Å². The van der Waals surface area contributed by atoms with E-state index in [4.69, 9.17) is 11.5 Å². The fourth-order valence-corrected chi connectivity index (χ4v) is 5.49. The smallest absolute Gasteiger partial charge is 0.209 e. The first kappa shape index (κ1) is 25.9. The molecule has 182 valence electrons. The Morgan fingerprint density at radius 1 is 0.853 bits per heavy atom. The highest BCUT2D eigenvalue weighted by molar-refractivity contribution is 6.03. The molecule has 0 saturated heterocycles. The lowest BCUT2D eigenvalue weighted by molar-refractivity contribution is -0.437. The molecule has 0 fully saturated rings. The van der Waals surface area contributed by atoms with Crippen LogP contribution in [0.15, 0.2) is 72.5 Å². The fraction of sp³-hybridized carbons (Fsp3) is 0.400.